The van der Waals surface area contributed by atoms with Gasteiger partial charge in [-0.25, -0.2) is 0 Å². The molecule has 0 saturated carbocycles. The molecule has 1 aromatic heterocycles. The maximum atomic E-state index is 13.5. The van der Waals surface area contributed by atoms with Crippen LogP contribution in [0.3, 0.4) is 0 Å². The van der Waals surface area contributed by atoms with Crippen molar-refractivity contribution in [2.75, 3.05) is 7.11 Å². The fourth-order valence-corrected chi connectivity index (χ4v) is 3.01. The predicted octanol–water partition coefficient (Wildman–Crippen LogP) is 3.44. The van der Waals surface area contributed by atoms with Gasteiger partial charge in [-0.2, -0.15) is 18.4 Å². The maximum absolute atomic E-state index is 13.5. The van der Waals surface area contributed by atoms with E-state index in [9.17, 15) is 18.4 Å². The summed E-state index contributed by atoms with van der Waals surface area (Å²) >= 11 is 0. The lowest BCUT2D eigenvalue weighted by atomic mass is 9.83. The first-order chi connectivity index (χ1) is 13.2. The van der Waals surface area contributed by atoms with E-state index in [1.54, 1.807) is 12.1 Å². The second-order valence-corrected chi connectivity index (χ2v) is 6.32. The van der Waals surface area contributed by atoms with Crippen molar-refractivity contribution in [3.8, 4) is 23.4 Å². The van der Waals surface area contributed by atoms with Crippen LogP contribution in [0.4, 0.5) is 13.2 Å². The molecule has 148 valence electrons. The number of nitriles is 1. The van der Waals surface area contributed by atoms with Gasteiger partial charge in [-0.15, -0.1) is 5.10 Å². The van der Waals surface area contributed by atoms with Gasteiger partial charge in [-0.05, 0) is 31.5 Å². The van der Waals surface area contributed by atoms with Crippen molar-refractivity contribution in [2.45, 2.75) is 32.0 Å². The molecule has 0 amide bonds. The zero-order valence-electron chi connectivity index (χ0n) is 15.2. The summed E-state index contributed by atoms with van der Waals surface area (Å²) in [6.07, 6.45) is -4.86. The van der Waals surface area contributed by atoms with Crippen LogP contribution in [-0.4, -0.2) is 23.4 Å². The Labute approximate surface area is 158 Å². The summed E-state index contributed by atoms with van der Waals surface area (Å²) in [7, 11) is 1.41. The Morgan fingerprint density at radius 3 is 2.61 bits per heavy atom. The molecule has 1 aliphatic rings. The molecule has 3 N–H and O–H groups in total. The second kappa shape index (κ2) is 6.99. The van der Waals surface area contributed by atoms with Crippen LogP contribution in [-0.2, 0) is 6.18 Å². The number of nitrogens with zero attached hydrogens (tertiary/aromatic N) is 2. The fourth-order valence-electron chi connectivity index (χ4n) is 3.01. The molecule has 0 aliphatic carbocycles. The van der Waals surface area contributed by atoms with Crippen molar-refractivity contribution in [3.05, 3.63) is 46.5 Å². The van der Waals surface area contributed by atoms with Gasteiger partial charge in [0, 0.05) is 0 Å². The highest BCUT2D eigenvalue weighted by molar-refractivity contribution is 5.58. The largest absolute Gasteiger partial charge is 0.493 e. The highest BCUT2D eigenvalue weighted by Crippen LogP contribution is 2.48. The van der Waals surface area contributed by atoms with Crippen molar-refractivity contribution >= 4 is 0 Å². The van der Waals surface area contributed by atoms with Crippen molar-refractivity contribution in [3.63, 3.8) is 0 Å². The molecule has 0 saturated heterocycles. The van der Waals surface area contributed by atoms with Gasteiger partial charge in [-0.1, -0.05) is 6.07 Å². The molecule has 0 bridgehead atoms. The number of nitrogens with one attached hydrogen (secondary N) is 1. The first-order valence-corrected chi connectivity index (χ1v) is 8.25. The molecule has 0 radical (unpaired) electrons. The normalized spacial score (nSPS) is 16.4. The average Bonchev–Trinajstić information content (AvgIpc) is 3.04. The number of hydrogen-bond donors (Lipinski definition) is 2. The third-order valence-corrected chi connectivity index (χ3v) is 4.11. The standard InChI is InChI=1S/C18H17F3N4O3/c1-8(2)27-11-5-4-9(6-12(11)26-3)13-10(7-22)16(23)28-17-14(13)15(24-25-17)18(19,20)21/h4-6,8,13H,23H2,1-3H3,(H,24,25). The maximum Gasteiger partial charge on any atom is 0.433 e. The number of methoxy groups -OCH3 is 1. The molecule has 2 heterocycles. The number of fused-ring (bicyclic) bond motifs is 1. The summed E-state index contributed by atoms with van der Waals surface area (Å²) in [6.45, 7) is 3.66. The number of H-pyrrole nitrogens is 1. The minimum absolute atomic E-state index is 0.134. The highest BCUT2D eigenvalue weighted by Gasteiger charge is 2.44. The Bertz CT molecular complexity index is 973. The Balaban J connectivity index is 2.20. The topological polar surface area (TPSA) is 106 Å². The molecule has 0 spiro atoms. The SMILES string of the molecule is COc1cc(C2C(C#N)=C(N)Oc3n[nH]c(C(F)(F)F)c32)ccc1OC(C)C. The number of aromatic nitrogens is 2. The lowest BCUT2D eigenvalue weighted by Crippen LogP contribution is -2.23. The molecule has 0 fully saturated rings. The quantitative estimate of drug-likeness (QED) is 0.823. The van der Waals surface area contributed by atoms with Gasteiger partial charge in [0.25, 0.3) is 0 Å². The molecule has 1 aliphatic heterocycles. The van der Waals surface area contributed by atoms with Crippen molar-refractivity contribution in [1.29, 1.82) is 5.26 Å². The number of benzene rings is 1. The van der Waals surface area contributed by atoms with Crippen molar-refractivity contribution < 1.29 is 27.4 Å². The van der Waals surface area contributed by atoms with Gasteiger partial charge >= 0.3 is 6.18 Å². The minimum Gasteiger partial charge on any atom is -0.493 e. The van der Waals surface area contributed by atoms with Crippen LogP contribution in [0.1, 0.15) is 36.6 Å². The number of aromatic amines is 1. The summed E-state index contributed by atoms with van der Waals surface area (Å²) < 4.78 is 56.5. The fraction of sp³-hybridized carbons (Fsp3) is 0.333. The number of allylic oxidation sites excluding steroid dienone is 1. The number of hydrogen-bond acceptors (Lipinski definition) is 6. The molecular formula is C18H17F3N4O3. The van der Waals surface area contributed by atoms with Crippen LogP contribution in [0.2, 0.25) is 0 Å². The number of rotatable bonds is 4. The Hall–Kier alpha value is -3.35. The Morgan fingerprint density at radius 1 is 1.32 bits per heavy atom. The van der Waals surface area contributed by atoms with Crippen LogP contribution in [0.25, 0.3) is 0 Å². The monoisotopic (exact) mass is 394 g/mol. The predicted molar refractivity (Wildman–Crippen MR) is 91.6 cm³/mol. The van der Waals surface area contributed by atoms with Gasteiger partial charge in [0.1, 0.15) is 17.3 Å². The third-order valence-electron chi connectivity index (χ3n) is 4.11. The van der Waals surface area contributed by atoms with Crippen LogP contribution < -0.4 is 19.9 Å². The van der Waals surface area contributed by atoms with Gasteiger partial charge in [0.05, 0.1) is 24.7 Å². The smallest absolute Gasteiger partial charge is 0.433 e. The Kier molecular flexibility index (Phi) is 4.85. The van der Waals surface area contributed by atoms with E-state index in [0.29, 0.717) is 17.1 Å². The molecule has 3 rings (SSSR count). The van der Waals surface area contributed by atoms with E-state index in [4.69, 9.17) is 19.9 Å². The molecular weight excluding hydrogens is 377 g/mol. The summed E-state index contributed by atoms with van der Waals surface area (Å²) in [5, 5.41) is 15.0. The second-order valence-electron chi connectivity index (χ2n) is 6.32. The van der Waals surface area contributed by atoms with Gasteiger partial charge < -0.3 is 19.9 Å². The van der Waals surface area contributed by atoms with Gasteiger partial charge in [0.15, 0.2) is 11.5 Å². The summed E-state index contributed by atoms with van der Waals surface area (Å²) in [4.78, 5) is 0. The van der Waals surface area contributed by atoms with E-state index in [-0.39, 0.29) is 29.0 Å². The summed E-state index contributed by atoms with van der Waals surface area (Å²) in [5.41, 5.74) is 4.55. The van der Waals surface area contributed by atoms with Crippen LogP contribution in [0, 0.1) is 11.3 Å². The number of nitrogens with two attached hydrogens (primary N) is 1. The van der Waals surface area contributed by atoms with Crippen LogP contribution >= 0.6 is 0 Å². The van der Waals surface area contributed by atoms with Gasteiger partial charge in [-0.3, -0.25) is 5.10 Å². The lowest BCUT2D eigenvalue weighted by molar-refractivity contribution is -0.141. The zero-order chi connectivity index (χ0) is 20.6. The molecule has 1 unspecified atom stereocenters. The molecule has 10 heteroatoms. The first-order valence-electron chi connectivity index (χ1n) is 8.25. The lowest BCUT2D eigenvalue weighted by Gasteiger charge is -2.25. The number of halogens is 3. The average molecular weight is 394 g/mol. The Morgan fingerprint density at radius 2 is 2.04 bits per heavy atom. The third kappa shape index (κ3) is 3.31. The zero-order valence-corrected chi connectivity index (χ0v) is 15.2. The van der Waals surface area contributed by atoms with Crippen LogP contribution in [0.5, 0.6) is 17.4 Å². The molecule has 28 heavy (non-hydrogen) atoms. The summed E-state index contributed by atoms with van der Waals surface area (Å²) in [6, 6.07) is 6.48. The van der Waals surface area contributed by atoms with E-state index in [0.717, 1.165) is 0 Å². The minimum atomic E-state index is -4.72. The highest BCUT2D eigenvalue weighted by atomic mass is 19.4. The first kappa shape index (κ1) is 19.4. The van der Waals surface area contributed by atoms with E-state index >= 15 is 0 Å². The van der Waals surface area contributed by atoms with Crippen molar-refractivity contribution in [2.24, 2.45) is 5.73 Å². The molecule has 1 aromatic carbocycles. The van der Waals surface area contributed by atoms with E-state index in [2.05, 4.69) is 5.10 Å². The van der Waals surface area contributed by atoms with Crippen LogP contribution in [0.15, 0.2) is 29.7 Å². The van der Waals surface area contributed by atoms with Crippen molar-refractivity contribution in [1.82, 2.24) is 10.2 Å². The van der Waals surface area contributed by atoms with E-state index in [1.165, 1.54) is 13.2 Å². The summed E-state index contributed by atoms with van der Waals surface area (Å²) in [5.74, 6) is -1.03. The van der Waals surface area contributed by atoms with Gasteiger partial charge in [0.2, 0.25) is 11.8 Å². The molecule has 2 aromatic rings. The van der Waals surface area contributed by atoms with E-state index in [1.807, 2.05) is 25.0 Å². The molecule has 1 atom stereocenters. The number of alkyl halides is 3. The number of ether oxygens (including phenoxy) is 3. The molecule has 7 nitrogen and oxygen atoms in total. The van der Waals surface area contributed by atoms with E-state index < -0.39 is 17.8 Å².